The number of hydrogen-bond acceptors (Lipinski definition) is 2. The lowest BCUT2D eigenvalue weighted by Gasteiger charge is -2.35. The van der Waals surface area contributed by atoms with Crippen LogP contribution in [0.1, 0.15) is 19.4 Å². The molecule has 0 aliphatic carbocycles. The minimum atomic E-state index is -2.18. The highest BCUT2D eigenvalue weighted by Crippen LogP contribution is 2.39. The van der Waals surface area contributed by atoms with Gasteiger partial charge in [-0.3, -0.25) is 0 Å². The number of phenols is 1. The molecule has 0 radical (unpaired) electrons. The van der Waals surface area contributed by atoms with Gasteiger partial charge in [-0.1, -0.05) is 19.9 Å². The first-order valence-corrected chi connectivity index (χ1v) is 9.07. The first kappa shape index (κ1) is 13.7. The fourth-order valence-electron chi connectivity index (χ4n) is 1.39. The van der Waals surface area contributed by atoms with E-state index in [1.54, 1.807) is 6.07 Å². The van der Waals surface area contributed by atoms with Crippen molar-refractivity contribution in [1.29, 1.82) is 0 Å². The maximum absolute atomic E-state index is 10.2. The van der Waals surface area contributed by atoms with Crippen LogP contribution in [-0.2, 0) is 6.42 Å². The van der Waals surface area contributed by atoms with Crippen LogP contribution in [0.5, 0.6) is 5.75 Å². The highest BCUT2D eigenvalue weighted by molar-refractivity contribution is 9.10. The molecule has 90 valence electrons. The van der Waals surface area contributed by atoms with Crippen molar-refractivity contribution >= 4 is 24.2 Å². The molecule has 0 bridgehead atoms. The molecule has 0 spiro atoms. The molecule has 0 unspecified atom stereocenters. The topological polar surface area (TPSA) is 40.5 Å². The summed E-state index contributed by atoms with van der Waals surface area (Å²) in [5.74, 6) is 0.252. The molecule has 4 heteroatoms. The van der Waals surface area contributed by atoms with Crippen molar-refractivity contribution in [2.45, 2.75) is 38.4 Å². The fraction of sp³-hybridized carbons (Fsp3) is 0.500. The van der Waals surface area contributed by atoms with E-state index in [0.29, 0.717) is 4.47 Å². The Hall–Kier alpha value is -0.323. The van der Waals surface area contributed by atoms with Gasteiger partial charge in [0.05, 0.1) is 4.47 Å². The molecule has 16 heavy (non-hydrogen) atoms. The van der Waals surface area contributed by atoms with Crippen LogP contribution < -0.4 is 0 Å². The zero-order valence-corrected chi connectivity index (χ0v) is 12.8. The summed E-state index contributed by atoms with van der Waals surface area (Å²) in [7, 11) is -2.18. The van der Waals surface area contributed by atoms with Crippen molar-refractivity contribution in [2.24, 2.45) is 0 Å². The summed E-state index contributed by atoms with van der Waals surface area (Å²) < 4.78 is 0.707. The van der Waals surface area contributed by atoms with Gasteiger partial charge in [-0.15, -0.1) is 0 Å². The number of phenolic OH excluding ortho intramolecular Hbond substituents is 1. The van der Waals surface area contributed by atoms with Gasteiger partial charge in [0.2, 0.25) is 0 Å². The van der Waals surface area contributed by atoms with Gasteiger partial charge < -0.3 is 9.90 Å². The zero-order chi connectivity index (χ0) is 12.6. The number of benzene rings is 1. The van der Waals surface area contributed by atoms with Crippen molar-refractivity contribution in [2.75, 3.05) is 0 Å². The molecule has 1 aromatic carbocycles. The number of aromatic hydroxyl groups is 1. The van der Waals surface area contributed by atoms with E-state index in [0.717, 1.165) is 12.0 Å². The smallest absolute Gasteiger partial charge is 0.188 e. The lowest BCUT2D eigenvalue weighted by molar-refractivity contribution is 0.464. The van der Waals surface area contributed by atoms with Crippen LogP contribution in [0.4, 0.5) is 0 Å². The average molecular weight is 303 g/mol. The molecular weight excluding hydrogens is 284 g/mol. The summed E-state index contributed by atoms with van der Waals surface area (Å²) in [5.41, 5.74) is 1.13. The second-order valence-corrected chi connectivity index (χ2v) is 10.7. The molecule has 1 aromatic rings. The van der Waals surface area contributed by atoms with Crippen LogP contribution in [0.2, 0.25) is 18.1 Å². The molecule has 0 saturated heterocycles. The molecule has 2 N–H and O–H groups in total. The first-order valence-electron chi connectivity index (χ1n) is 5.33. The number of rotatable bonds is 3. The summed E-state index contributed by atoms with van der Waals surface area (Å²) in [5, 5.41) is 9.33. The van der Waals surface area contributed by atoms with Crippen molar-refractivity contribution < 1.29 is 9.90 Å². The van der Waals surface area contributed by atoms with Crippen molar-refractivity contribution in [3.8, 4) is 5.75 Å². The Morgan fingerprint density at radius 3 is 2.31 bits per heavy atom. The average Bonchev–Trinajstić information content (AvgIpc) is 2.09. The maximum atomic E-state index is 10.2. The minimum absolute atomic E-state index is 0.0799. The third-order valence-electron chi connectivity index (χ3n) is 3.31. The highest BCUT2D eigenvalue weighted by Gasteiger charge is 2.37. The largest absolute Gasteiger partial charge is 0.507 e. The summed E-state index contributed by atoms with van der Waals surface area (Å²) in [6, 6.07) is 5.50. The van der Waals surface area contributed by atoms with E-state index < -0.39 is 8.32 Å². The lowest BCUT2D eigenvalue weighted by Crippen LogP contribution is -2.40. The quantitative estimate of drug-likeness (QED) is 0.836. The summed E-state index contributed by atoms with van der Waals surface area (Å²) >= 11 is 3.30. The van der Waals surface area contributed by atoms with Gasteiger partial charge in [0.25, 0.3) is 0 Å². The van der Waals surface area contributed by atoms with Crippen LogP contribution in [0, 0.1) is 0 Å². The van der Waals surface area contributed by atoms with Gasteiger partial charge in [0.1, 0.15) is 5.75 Å². The Labute approximate surface area is 107 Å². The van der Waals surface area contributed by atoms with Gasteiger partial charge in [-0.2, -0.15) is 0 Å². The molecule has 0 aliphatic heterocycles. The van der Waals surface area contributed by atoms with E-state index in [1.165, 1.54) is 0 Å². The molecule has 0 aromatic heterocycles. The van der Waals surface area contributed by atoms with E-state index in [1.807, 2.05) is 25.2 Å². The van der Waals surface area contributed by atoms with E-state index in [4.69, 9.17) is 0 Å². The molecule has 0 atom stereocenters. The van der Waals surface area contributed by atoms with Gasteiger partial charge >= 0.3 is 0 Å². The van der Waals surface area contributed by atoms with Crippen LogP contribution >= 0.6 is 15.9 Å². The summed E-state index contributed by atoms with van der Waals surface area (Å²) in [6.07, 6.45) is 0.821. The SMILES string of the molecule is CC(C)(Cc1ccc(O)c(Br)c1)[Si](C)(C)O. The predicted molar refractivity (Wildman–Crippen MR) is 73.3 cm³/mol. The van der Waals surface area contributed by atoms with E-state index in [9.17, 15) is 9.90 Å². The third-order valence-corrected chi connectivity index (χ3v) is 7.44. The van der Waals surface area contributed by atoms with Crippen LogP contribution in [-0.4, -0.2) is 18.2 Å². The first-order chi connectivity index (χ1) is 7.13. The van der Waals surface area contributed by atoms with E-state index >= 15 is 0 Å². The van der Waals surface area contributed by atoms with Crippen LogP contribution in [0.25, 0.3) is 0 Å². The Morgan fingerprint density at radius 1 is 1.31 bits per heavy atom. The molecule has 0 heterocycles. The molecule has 0 saturated carbocycles. The van der Waals surface area contributed by atoms with E-state index in [2.05, 4.69) is 29.8 Å². The monoisotopic (exact) mass is 302 g/mol. The zero-order valence-electron chi connectivity index (χ0n) is 10.2. The Kier molecular flexibility index (Phi) is 3.87. The summed E-state index contributed by atoms with van der Waals surface area (Å²) in [4.78, 5) is 10.2. The Morgan fingerprint density at radius 2 is 1.88 bits per heavy atom. The lowest BCUT2D eigenvalue weighted by atomic mass is 10.0. The maximum Gasteiger partial charge on any atom is 0.188 e. The van der Waals surface area contributed by atoms with Crippen molar-refractivity contribution in [3.63, 3.8) is 0 Å². The van der Waals surface area contributed by atoms with Crippen LogP contribution in [0.3, 0.4) is 0 Å². The van der Waals surface area contributed by atoms with Crippen LogP contribution in [0.15, 0.2) is 22.7 Å². The van der Waals surface area contributed by atoms with Gasteiger partial charge in [-0.05, 0) is 58.2 Å². The number of halogens is 1. The van der Waals surface area contributed by atoms with E-state index in [-0.39, 0.29) is 10.8 Å². The minimum Gasteiger partial charge on any atom is -0.507 e. The second-order valence-electron chi connectivity index (χ2n) is 5.41. The Bertz CT molecular complexity index is 383. The van der Waals surface area contributed by atoms with Crippen molar-refractivity contribution in [3.05, 3.63) is 28.2 Å². The summed E-state index contributed by atoms with van der Waals surface area (Å²) in [6.45, 7) is 8.12. The highest BCUT2D eigenvalue weighted by atomic mass is 79.9. The third kappa shape index (κ3) is 3.09. The normalized spacial score (nSPS) is 12.9. The second kappa shape index (κ2) is 4.51. The molecule has 0 aliphatic rings. The fourth-order valence-corrected chi connectivity index (χ4v) is 2.45. The molecule has 0 fully saturated rings. The van der Waals surface area contributed by atoms with Gasteiger partial charge in [0.15, 0.2) is 8.32 Å². The Balaban J connectivity index is 2.93. The van der Waals surface area contributed by atoms with Gasteiger partial charge in [-0.25, -0.2) is 0 Å². The molecule has 1 rings (SSSR count). The number of hydrogen-bond donors (Lipinski definition) is 2. The molecule has 2 nitrogen and oxygen atoms in total. The molecular formula is C12H19BrO2Si. The van der Waals surface area contributed by atoms with Gasteiger partial charge in [0, 0.05) is 0 Å². The molecule has 0 amide bonds. The predicted octanol–water partition coefficient (Wildman–Crippen LogP) is 3.67. The van der Waals surface area contributed by atoms with Crippen molar-refractivity contribution in [1.82, 2.24) is 0 Å². The standard InChI is InChI=1S/C12H19BrO2Si/c1-12(2,16(3,4)15)8-9-5-6-11(14)10(13)7-9/h5-7,14-15H,8H2,1-4H3.